The zero-order valence-corrected chi connectivity index (χ0v) is 17.0. The van der Waals surface area contributed by atoms with E-state index in [2.05, 4.69) is 27.6 Å². The van der Waals surface area contributed by atoms with E-state index in [9.17, 15) is 4.79 Å². The van der Waals surface area contributed by atoms with Crippen LogP contribution in [0, 0.1) is 0 Å². The summed E-state index contributed by atoms with van der Waals surface area (Å²) in [6.45, 7) is 3.10. The Bertz CT molecular complexity index is 1170. The van der Waals surface area contributed by atoms with Gasteiger partial charge >= 0.3 is 0 Å². The van der Waals surface area contributed by atoms with Gasteiger partial charge in [0, 0.05) is 31.4 Å². The predicted octanol–water partition coefficient (Wildman–Crippen LogP) is 4.04. The smallest absolute Gasteiger partial charge is 0.265 e. The standard InChI is InChI=1S/C22H20N4O3S/c27-22(26-8-10-28-11-9-26)19-14-24-21(30-19)20-17-7-6-16(12-18(17)29-25-20)23-13-15-4-2-1-3-5-15/h1-7,12,14,23H,8-11,13H2. The molecule has 3 heterocycles. The number of carbonyl (C=O) groups excluding carboxylic acids is 1. The highest BCUT2D eigenvalue weighted by atomic mass is 32.1. The second-order valence-corrected chi connectivity index (χ2v) is 8.05. The van der Waals surface area contributed by atoms with Crippen LogP contribution in [0.25, 0.3) is 21.7 Å². The number of fused-ring (bicyclic) bond motifs is 1. The van der Waals surface area contributed by atoms with E-state index < -0.39 is 0 Å². The summed E-state index contributed by atoms with van der Waals surface area (Å²) in [6.07, 6.45) is 1.62. The summed E-state index contributed by atoms with van der Waals surface area (Å²) in [5, 5.41) is 9.16. The minimum atomic E-state index is -0.0118. The van der Waals surface area contributed by atoms with Crippen LogP contribution in [-0.2, 0) is 11.3 Å². The Morgan fingerprint density at radius 2 is 1.97 bits per heavy atom. The highest BCUT2D eigenvalue weighted by Crippen LogP contribution is 2.32. The number of morpholine rings is 1. The van der Waals surface area contributed by atoms with Crippen LogP contribution in [0.1, 0.15) is 15.2 Å². The topological polar surface area (TPSA) is 80.5 Å². The molecule has 5 rings (SSSR count). The number of anilines is 1. The van der Waals surface area contributed by atoms with Gasteiger partial charge in [0.05, 0.1) is 24.8 Å². The van der Waals surface area contributed by atoms with Gasteiger partial charge < -0.3 is 19.5 Å². The molecule has 1 amide bonds. The van der Waals surface area contributed by atoms with Gasteiger partial charge in [0.1, 0.15) is 15.6 Å². The maximum Gasteiger partial charge on any atom is 0.265 e. The molecule has 0 spiro atoms. The summed E-state index contributed by atoms with van der Waals surface area (Å²) in [5.41, 5.74) is 3.50. The van der Waals surface area contributed by atoms with Crippen molar-refractivity contribution in [2.24, 2.45) is 0 Å². The van der Waals surface area contributed by atoms with Crippen LogP contribution in [0.5, 0.6) is 0 Å². The van der Waals surface area contributed by atoms with Crippen molar-refractivity contribution in [3.63, 3.8) is 0 Å². The van der Waals surface area contributed by atoms with Gasteiger partial charge in [0.25, 0.3) is 5.91 Å². The van der Waals surface area contributed by atoms with Crippen molar-refractivity contribution in [1.29, 1.82) is 0 Å². The van der Waals surface area contributed by atoms with E-state index in [1.54, 1.807) is 11.1 Å². The molecule has 1 aliphatic rings. The zero-order valence-electron chi connectivity index (χ0n) is 16.2. The maximum absolute atomic E-state index is 12.7. The number of nitrogens with one attached hydrogen (secondary N) is 1. The normalized spacial score (nSPS) is 14.2. The van der Waals surface area contributed by atoms with Crippen LogP contribution in [0.15, 0.2) is 59.3 Å². The summed E-state index contributed by atoms with van der Waals surface area (Å²) in [6, 6.07) is 16.1. The van der Waals surface area contributed by atoms with Crippen LogP contribution in [0.3, 0.4) is 0 Å². The van der Waals surface area contributed by atoms with Crippen LogP contribution in [0.4, 0.5) is 5.69 Å². The van der Waals surface area contributed by atoms with Crippen molar-refractivity contribution in [2.75, 3.05) is 31.6 Å². The molecule has 1 N–H and O–H groups in total. The van der Waals surface area contributed by atoms with Gasteiger partial charge in [-0.15, -0.1) is 11.3 Å². The Balaban J connectivity index is 1.34. The van der Waals surface area contributed by atoms with Crippen molar-refractivity contribution in [3.05, 3.63) is 65.2 Å². The molecule has 0 aliphatic carbocycles. The lowest BCUT2D eigenvalue weighted by Gasteiger charge is -2.26. The second-order valence-electron chi connectivity index (χ2n) is 7.02. The van der Waals surface area contributed by atoms with Crippen LogP contribution < -0.4 is 5.32 Å². The van der Waals surface area contributed by atoms with Crippen LogP contribution in [-0.4, -0.2) is 47.3 Å². The number of hydrogen-bond acceptors (Lipinski definition) is 7. The van der Waals surface area contributed by atoms with E-state index in [1.807, 2.05) is 36.4 Å². The molecular weight excluding hydrogens is 400 g/mol. The average Bonchev–Trinajstić information content (AvgIpc) is 3.45. The fourth-order valence-electron chi connectivity index (χ4n) is 3.41. The quantitative estimate of drug-likeness (QED) is 0.525. The minimum absolute atomic E-state index is 0.0118. The van der Waals surface area contributed by atoms with E-state index in [0.29, 0.717) is 47.5 Å². The van der Waals surface area contributed by atoms with Crippen LogP contribution >= 0.6 is 11.3 Å². The number of hydrogen-bond donors (Lipinski definition) is 1. The molecule has 30 heavy (non-hydrogen) atoms. The summed E-state index contributed by atoms with van der Waals surface area (Å²) >= 11 is 1.34. The minimum Gasteiger partial charge on any atom is -0.381 e. The first kappa shape index (κ1) is 18.8. The largest absolute Gasteiger partial charge is 0.381 e. The fraction of sp³-hybridized carbons (Fsp3) is 0.227. The van der Waals surface area contributed by atoms with Gasteiger partial charge in [-0.2, -0.15) is 0 Å². The molecule has 0 saturated carbocycles. The number of nitrogens with zero attached hydrogens (tertiary/aromatic N) is 3. The van der Waals surface area contributed by atoms with Crippen molar-refractivity contribution in [1.82, 2.24) is 15.0 Å². The van der Waals surface area contributed by atoms with Gasteiger partial charge in [0.2, 0.25) is 0 Å². The van der Waals surface area contributed by atoms with Crippen LogP contribution in [0.2, 0.25) is 0 Å². The highest BCUT2D eigenvalue weighted by Gasteiger charge is 2.22. The molecule has 1 aliphatic heterocycles. The molecule has 0 unspecified atom stereocenters. The molecule has 7 nitrogen and oxygen atoms in total. The molecule has 0 bridgehead atoms. The summed E-state index contributed by atoms with van der Waals surface area (Å²) < 4.78 is 10.9. The van der Waals surface area contributed by atoms with Gasteiger partial charge in [-0.3, -0.25) is 4.79 Å². The molecule has 0 radical (unpaired) electrons. The molecule has 1 fully saturated rings. The Kier molecular flexibility index (Phi) is 5.17. The first-order chi connectivity index (χ1) is 14.8. The highest BCUT2D eigenvalue weighted by molar-refractivity contribution is 7.17. The number of ether oxygens (including phenoxy) is 1. The first-order valence-electron chi connectivity index (χ1n) is 9.78. The Morgan fingerprint density at radius 3 is 2.80 bits per heavy atom. The molecule has 4 aromatic rings. The molecule has 152 valence electrons. The van der Waals surface area contributed by atoms with Crippen molar-refractivity contribution >= 4 is 33.9 Å². The number of carbonyl (C=O) groups is 1. The van der Waals surface area contributed by atoms with Gasteiger partial charge in [-0.25, -0.2) is 4.98 Å². The van der Waals surface area contributed by atoms with E-state index in [0.717, 1.165) is 17.6 Å². The van der Waals surface area contributed by atoms with Crippen molar-refractivity contribution in [2.45, 2.75) is 6.54 Å². The van der Waals surface area contributed by atoms with Crippen molar-refractivity contribution < 1.29 is 14.1 Å². The van der Waals surface area contributed by atoms with Crippen molar-refractivity contribution in [3.8, 4) is 10.7 Å². The molecule has 8 heteroatoms. The van der Waals surface area contributed by atoms with Gasteiger partial charge in [-0.1, -0.05) is 35.5 Å². The third-order valence-corrected chi connectivity index (χ3v) is 6.02. The number of amides is 1. The van der Waals surface area contributed by atoms with E-state index in [4.69, 9.17) is 9.26 Å². The molecule has 2 aromatic carbocycles. The summed E-state index contributed by atoms with van der Waals surface area (Å²) in [7, 11) is 0. The lowest BCUT2D eigenvalue weighted by Crippen LogP contribution is -2.40. The molecule has 2 aromatic heterocycles. The number of rotatable bonds is 5. The monoisotopic (exact) mass is 420 g/mol. The fourth-order valence-corrected chi connectivity index (χ4v) is 4.29. The second kappa shape index (κ2) is 8.25. The Hall–Kier alpha value is -3.23. The lowest BCUT2D eigenvalue weighted by atomic mass is 10.2. The predicted molar refractivity (Wildman–Crippen MR) is 116 cm³/mol. The Morgan fingerprint density at radius 1 is 1.13 bits per heavy atom. The van der Waals surface area contributed by atoms with Gasteiger partial charge in [-0.05, 0) is 17.7 Å². The molecule has 1 saturated heterocycles. The lowest BCUT2D eigenvalue weighted by molar-refractivity contribution is 0.0306. The Labute approximate surface area is 177 Å². The SMILES string of the molecule is O=C(c1cnc(-c2noc3cc(NCc4ccccc4)ccc23)s1)N1CCOCC1. The average molecular weight is 420 g/mol. The zero-order chi connectivity index (χ0) is 20.3. The number of thiazole rings is 1. The molecule has 0 atom stereocenters. The van der Waals surface area contributed by atoms with E-state index >= 15 is 0 Å². The number of benzene rings is 2. The van der Waals surface area contributed by atoms with E-state index in [1.165, 1.54) is 16.9 Å². The third kappa shape index (κ3) is 3.79. The van der Waals surface area contributed by atoms with E-state index in [-0.39, 0.29) is 5.91 Å². The first-order valence-corrected chi connectivity index (χ1v) is 10.6. The maximum atomic E-state index is 12.7. The summed E-state index contributed by atoms with van der Waals surface area (Å²) in [5.74, 6) is -0.0118. The number of aromatic nitrogens is 2. The summed E-state index contributed by atoms with van der Waals surface area (Å²) in [4.78, 5) is 19.5. The third-order valence-electron chi connectivity index (χ3n) is 5.03. The molecular formula is C22H20N4O3S. The van der Waals surface area contributed by atoms with Gasteiger partial charge in [0.15, 0.2) is 5.58 Å².